The molecule has 0 fully saturated rings. The number of rotatable bonds is 4. The molecule has 3 heteroatoms. The zero-order valence-corrected chi connectivity index (χ0v) is 22.5. The van der Waals surface area contributed by atoms with Crippen molar-refractivity contribution in [3.8, 4) is 33.5 Å². The minimum atomic E-state index is 0.927. The number of hydrogen-bond donors (Lipinski definition) is 0. The monoisotopic (exact) mass is 525 g/mol. The van der Waals surface area contributed by atoms with Crippen LogP contribution in [0.1, 0.15) is 18.4 Å². The Morgan fingerprint density at radius 2 is 1.29 bits per heavy atom. The van der Waals surface area contributed by atoms with Crippen molar-refractivity contribution in [3.63, 3.8) is 0 Å². The Kier molecular flexibility index (Phi) is 5.60. The summed E-state index contributed by atoms with van der Waals surface area (Å²) in [4.78, 5) is 10.2. The Bertz CT molecular complexity index is 2130. The number of hydrogen-bond acceptors (Lipinski definition) is 2. The average molecular weight is 526 g/mol. The Morgan fingerprint density at radius 1 is 0.585 bits per heavy atom. The number of para-hydroxylation sites is 1. The predicted molar refractivity (Wildman–Crippen MR) is 171 cm³/mol. The van der Waals surface area contributed by atoms with Crippen LogP contribution in [-0.2, 0) is 0 Å². The van der Waals surface area contributed by atoms with Gasteiger partial charge in [0.1, 0.15) is 11.2 Å². The van der Waals surface area contributed by atoms with Crippen molar-refractivity contribution in [1.29, 1.82) is 0 Å². The number of fused-ring (bicyclic) bond motifs is 5. The number of benzene rings is 4. The molecule has 1 aliphatic rings. The second-order valence-corrected chi connectivity index (χ2v) is 10.6. The highest BCUT2D eigenvalue weighted by atomic mass is 15.0. The highest BCUT2D eigenvalue weighted by molar-refractivity contribution is 6.09. The molecule has 0 aliphatic heterocycles. The van der Waals surface area contributed by atoms with Crippen LogP contribution in [0.4, 0.5) is 0 Å². The normalized spacial score (nSPS) is 13.2. The summed E-state index contributed by atoms with van der Waals surface area (Å²) in [6.45, 7) is 0. The third-order valence-corrected chi connectivity index (χ3v) is 8.06. The molecule has 0 unspecified atom stereocenters. The Morgan fingerprint density at radius 3 is 2.10 bits per heavy atom. The zero-order valence-electron chi connectivity index (χ0n) is 22.5. The standard InChI is InChI=1S/C38H27N3/c1-3-11-26(12-4-1)30-23-31(27-13-5-2-6-14-27)25-32(24-30)28-18-20-29(21-19-28)36-38-37(33-15-7-8-16-34(33)39-36)40-35-17-9-10-22-41(35)38/h1-5,7-13,15-25H,6,14H2. The van der Waals surface area contributed by atoms with Crippen LogP contribution in [0.15, 0.2) is 140 Å². The lowest BCUT2D eigenvalue weighted by atomic mass is 9.90. The van der Waals surface area contributed by atoms with Crippen molar-refractivity contribution in [3.05, 3.63) is 145 Å². The summed E-state index contributed by atoms with van der Waals surface area (Å²) >= 11 is 0. The van der Waals surface area contributed by atoms with Crippen molar-refractivity contribution >= 4 is 33.2 Å². The van der Waals surface area contributed by atoms with E-state index in [-0.39, 0.29) is 0 Å². The first kappa shape index (κ1) is 23.6. The van der Waals surface area contributed by atoms with Gasteiger partial charge in [0.2, 0.25) is 0 Å². The van der Waals surface area contributed by atoms with Crippen LogP contribution in [0, 0.1) is 0 Å². The van der Waals surface area contributed by atoms with Gasteiger partial charge < -0.3 is 0 Å². The highest BCUT2D eigenvalue weighted by Gasteiger charge is 2.16. The quantitative estimate of drug-likeness (QED) is 0.229. The van der Waals surface area contributed by atoms with E-state index in [2.05, 4.69) is 126 Å². The van der Waals surface area contributed by atoms with Gasteiger partial charge in [-0.15, -0.1) is 0 Å². The fraction of sp³-hybridized carbons (Fsp3) is 0.0526. The third kappa shape index (κ3) is 4.14. The van der Waals surface area contributed by atoms with Crippen LogP contribution in [0.2, 0.25) is 0 Å². The summed E-state index contributed by atoms with van der Waals surface area (Å²) < 4.78 is 2.15. The SMILES string of the molecule is C1=CCCC(c2cc(-c3ccccc3)cc(-c3ccc(-c4nc5ccccc5c5nc6ccccn6c45)cc3)c2)=C1. The lowest BCUT2D eigenvalue weighted by molar-refractivity contribution is 1.05. The largest absolute Gasteiger partial charge is 0.298 e. The van der Waals surface area contributed by atoms with Gasteiger partial charge in [0, 0.05) is 17.1 Å². The number of pyridine rings is 2. The molecular formula is C38H27N3. The third-order valence-electron chi connectivity index (χ3n) is 8.06. The predicted octanol–water partition coefficient (Wildman–Crippen LogP) is 9.77. The molecule has 41 heavy (non-hydrogen) atoms. The van der Waals surface area contributed by atoms with E-state index in [4.69, 9.17) is 9.97 Å². The molecule has 0 spiro atoms. The first-order valence-corrected chi connectivity index (χ1v) is 14.1. The van der Waals surface area contributed by atoms with Gasteiger partial charge in [-0.25, -0.2) is 9.97 Å². The molecule has 0 atom stereocenters. The molecule has 3 aromatic heterocycles. The van der Waals surface area contributed by atoms with Crippen LogP contribution in [0.25, 0.3) is 66.7 Å². The zero-order chi connectivity index (χ0) is 27.2. The van der Waals surface area contributed by atoms with Crippen molar-refractivity contribution in [2.45, 2.75) is 12.8 Å². The second-order valence-electron chi connectivity index (χ2n) is 10.6. The lowest BCUT2D eigenvalue weighted by Crippen LogP contribution is -1.93. The van der Waals surface area contributed by atoms with Gasteiger partial charge in [0.05, 0.1) is 16.7 Å². The Balaban J connectivity index is 1.28. The van der Waals surface area contributed by atoms with E-state index in [1.165, 1.54) is 33.4 Å². The van der Waals surface area contributed by atoms with Gasteiger partial charge in [0.15, 0.2) is 0 Å². The van der Waals surface area contributed by atoms with Crippen LogP contribution in [0.5, 0.6) is 0 Å². The molecule has 0 radical (unpaired) electrons. The summed E-state index contributed by atoms with van der Waals surface area (Å²) in [6.07, 6.45) is 10.9. The molecule has 8 rings (SSSR count). The summed E-state index contributed by atoms with van der Waals surface area (Å²) in [5, 5.41) is 1.07. The molecular weight excluding hydrogens is 498 g/mol. The molecule has 0 saturated heterocycles. The van der Waals surface area contributed by atoms with E-state index in [1.54, 1.807) is 0 Å². The summed E-state index contributed by atoms with van der Waals surface area (Å²) in [6, 6.07) is 40.9. The Hall–Kier alpha value is -5.28. The highest BCUT2D eigenvalue weighted by Crippen LogP contribution is 2.36. The van der Waals surface area contributed by atoms with Crippen LogP contribution < -0.4 is 0 Å². The van der Waals surface area contributed by atoms with Crippen molar-refractivity contribution in [2.75, 3.05) is 0 Å². The first-order chi connectivity index (χ1) is 20.3. The molecule has 4 aromatic carbocycles. The van der Waals surface area contributed by atoms with Crippen LogP contribution in [0.3, 0.4) is 0 Å². The van der Waals surface area contributed by atoms with Crippen LogP contribution >= 0.6 is 0 Å². The number of allylic oxidation sites excluding steroid dienone is 4. The minimum Gasteiger partial charge on any atom is -0.298 e. The number of aromatic nitrogens is 3. The van der Waals surface area contributed by atoms with Crippen molar-refractivity contribution in [2.24, 2.45) is 0 Å². The lowest BCUT2D eigenvalue weighted by Gasteiger charge is -2.15. The molecule has 0 saturated carbocycles. The molecule has 0 N–H and O–H groups in total. The molecule has 1 aliphatic carbocycles. The maximum atomic E-state index is 5.15. The maximum Gasteiger partial charge on any atom is 0.137 e. The number of imidazole rings is 1. The molecule has 194 valence electrons. The Labute approximate surface area is 238 Å². The summed E-state index contributed by atoms with van der Waals surface area (Å²) in [5.74, 6) is 0. The second kappa shape index (κ2) is 9.72. The van der Waals surface area contributed by atoms with Gasteiger partial charge in [-0.05, 0) is 82.6 Å². The molecule has 3 nitrogen and oxygen atoms in total. The molecule has 7 aromatic rings. The molecule has 0 amide bonds. The van der Waals surface area contributed by atoms with Gasteiger partial charge >= 0.3 is 0 Å². The van der Waals surface area contributed by atoms with Gasteiger partial charge in [0.25, 0.3) is 0 Å². The van der Waals surface area contributed by atoms with E-state index in [1.807, 2.05) is 18.2 Å². The fourth-order valence-corrected chi connectivity index (χ4v) is 6.00. The topological polar surface area (TPSA) is 30.2 Å². The smallest absolute Gasteiger partial charge is 0.137 e. The van der Waals surface area contributed by atoms with Gasteiger partial charge in [-0.3, -0.25) is 4.40 Å². The van der Waals surface area contributed by atoms with Gasteiger partial charge in [-0.2, -0.15) is 0 Å². The van der Waals surface area contributed by atoms with Crippen molar-refractivity contribution < 1.29 is 0 Å². The summed E-state index contributed by atoms with van der Waals surface area (Å²) in [5.41, 5.74) is 13.5. The van der Waals surface area contributed by atoms with E-state index < -0.39 is 0 Å². The van der Waals surface area contributed by atoms with E-state index in [0.29, 0.717) is 0 Å². The number of nitrogens with zero attached hydrogens (tertiary/aromatic N) is 3. The fourth-order valence-electron chi connectivity index (χ4n) is 6.00. The van der Waals surface area contributed by atoms with E-state index >= 15 is 0 Å². The van der Waals surface area contributed by atoms with E-state index in [0.717, 1.165) is 51.7 Å². The van der Waals surface area contributed by atoms with Crippen molar-refractivity contribution in [1.82, 2.24) is 14.4 Å². The molecule has 0 bridgehead atoms. The molecule has 3 heterocycles. The average Bonchev–Trinajstić information content (AvgIpc) is 3.45. The minimum absolute atomic E-state index is 0.927. The van der Waals surface area contributed by atoms with Gasteiger partial charge in [-0.1, -0.05) is 97.1 Å². The first-order valence-electron chi connectivity index (χ1n) is 14.1. The maximum absolute atomic E-state index is 5.15. The summed E-state index contributed by atoms with van der Waals surface area (Å²) in [7, 11) is 0. The van der Waals surface area contributed by atoms with E-state index in [9.17, 15) is 0 Å². The van der Waals surface area contributed by atoms with Crippen LogP contribution in [-0.4, -0.2) is 14.4 Å².